The van der Waals surface area contributed by atoms with Gasteiger partial charge in [0.2, 0.25) is 5.91 Å². The van der Waals surface area contributed by atoms with Gasteiger partial charge in [0.05, 0.1) is 25.4 Å². The summed E-state index contributed by atoms with van der Waals surface area (Å²) >= 11 is 0. The Hall–Kier alpha value is -0.650. The van der Waals surface area contributed by atoms with Crippen LogP contribution in [0.3, 0.4) is 0 Å². The predicted octanol–water partition coefficient (Wildman–Crippen LogP) is -0.406. The maximum atomic E-state index is 11.7. The molecule has 0 radical (unpaired) electrons. The summed E-state index contributed by atoms with van der Waals surface area (Å²) in [7, 11) is 0. The third kappa shape index (κ3) is 3.73. The van der Waals surface area contributed by atoms with Crippen LogP contribution in [0.4, 0.5) is 0 Å². The minimum absolute atomic E-state index is 0.0236. The summed E-state index contributed by atoms with van der Waals surface area (Å²) < 4.78 is 5.11. The lowest BCUT2D eigenvalue weighted by Crippen LogP contribution is -2.41. The molecule has 0 aromatic heterocycles. The molecule has 16 heavy (non-hydrogen) atoms. The molecule has 5 nitrogen and oxygen atoms in total. The highest BCUT2D eigenvalue weighted by Crippen LogP contribution is 2.04. The molecule has 5 heteroatoms. The molecule has 94 valence electrons. The topological polar surface area (TPSA) is 61.8 Å². The van der Waals surface area contributed by atoms with Crippen molar-refractivity contribution in [2.45, 2.75) is 32.4 Å². The maximum absolute atomic E-state index is 11.7. The number of hydrogen-bond donors (Lipinski definition) is 2. The monoisotopic (exact) mass is 230 g/mol. The van der Waals surface area contributed by atoms with Crippen molar-refractivity contribution < 1.29 is 14.6 Å². The summed E-state index contributed by atoms with van der Waals surface area (Å²) in [6.07, 6.45) is 0.0359. The molecule has 0 saturated carbocycles. The van der Waals surface area contributed by atoms with E-state index >= 15 is 0 Å². The van der Waals surface area contributed by atoms with Crippen molar-refractivity contribution in [3.8, 4) is 0 Å². The molecule has 0 aromatic rings. The molecule has 0 aromatic carbocycles. The van der Waals surface area contributed by atoms with Gasteiger partial charge in [0.15, 0.2) is 0 Å². The number of ether oxygens (including phenoxy) is 1. The average Bonchev–Trinajstić information content (AvgIpc) is 2.66. The molecule has 1 rings (SSSR count). The number of nitrogens with one attached hydrogen (secondary N) is 1. The summed E-state index contributed by atoms with van der Waals surface area (Å²) in [4.78, 5) is 13.5. The van der Waals surface area contributed by atoms with Crippen LogP contribution in [0.1, 0.15) is 20.3 Å². The molecule has 1 heterocycles. The third-order valence-corrected chi connectivity index (χ3v) is 2.91. The van der Waals surface area contributed by atoms with Crippen LogP contribution in [0, 0.1) is 0 Å². The van der Waals surface area contributed by atoms with Gasteiger partial charge in [-0.25, -0.2) is 0 Å². The van der Waals surface area contributed by atoms with E-state index in [1.165, 1.54) is 0 Å². The Morgan fingerprint density at radius 2 is 2.12 bits per heavy atom. The largest absolute Gasteiger partial charge is 0.389 e. The molecule has 0 aliphatic carbocycles. The number of rotatable bonds is 6. The fourth-order valence-corrected chi connectivity index (χ4v) is 1.84. The van der Waals surface area contributed by atoms with Crippen molar-refractivity contribution in [2.24, 2.45) is 0 Å². The van der Waals surface area contributed by atoms with Crippen LogP contribution in [0.15, 0.2) is 0 Å². The van der Waals surface area contributed by atoms with Gasteiger partial charge < -0.3 is 20.1 Å². The van der Waals surface area contributed by atoms with Gasteiger partial charge in [-0.1, -0.05) is 0 Å². The SMILES string of the molecule is CCN(CC)C(=O)CCNC1COCC1O. The summed E-state index contributed by atoms with van der Waals surface area (Å²) in [6, 6.07) is -0.0236. The zero-order valence-corrected chi connectivity index (χ0v) is 10.1. The summed E-state index contributed by atoms with van der Waals surface area (Å²) in [5.41, 5.74) is 0. The number of aliphatic hydroxyl groups is 1. The second kappa shape index (κ2) is 6.83. The van der Waals surface area contributed by atoms with E-state index in [4.69, 9.17) is 4.74 Å². The number of aliphatic hydroxyl groups excluding tert-OH is 1. The number of carbonyl (C=O) groups is 1. The van der Waals surface area contributed by atoms with E-state index in [9.17, 15) is 9.90 Å². The number of carbonyl (C=O) groups excluding carboxylic acids is 1. The lowest BCUT2D eigenvalue weighted by atomic mass is 10.2. The second-order valence-corrected chi connectivity index (χ2v) is 3.98. The molecular weight excluding hydrogens is 208 g/mol. The van der Waals surface area contributed by atoms with Gasteiger partial charge in [-0.2, -0.15) is 0 Å². The lowest BCUT2D eigenvalue weighted by molar-refractivity contribution is -0.130. The van der Waals surface area contributed by atoms with E-state index in [0.717, 1.165) is 13.1 Å². The number of hydrogen-bond acceptors (Lipinski definition) is 4. The zero-order valence-electron chi connectivity index (χ0n) is 10.1. The van der Waals surface area contributed by atoms with Crippen LogP contribution >= 0.6 is 0 Å². The van der Waals surface area contributed by atoms with Crippen LogP contribution in [0.5, 0.6) is 0 Å². The third-order valence-electron chi connectivity index (χ3n) is 2.91. The number of amides is 1. The Morgan fingerprint density at radius 1 is 1.44 bits per heavy atom. The van der Waals surface area contributed by atoms with Crippen molar-refractivity contribution in [1.29, 1.82) is 0 Å². The molecule has 1 fully saturated rings. The predicted molar refractivity (Wildman–Crippen MR) is 61.2 cm³/mol. The fourth-order valence-electron chi connectivity index (χ4n) is 1.84. The van der Waals surface area contributed by atoms with Gasteiger partial charge >= 0.3 is 0 Å². The van der Waals surface area contributed by atoms with Crippen molar-refractivity contribution in [1.82, 2.24) is 10.2 Å². The molecule has 1 saturated heterocycles. The normalized spacial score (nSPS) is 24.7. The standard InChI is InChI=1S/C11H22N2O3/c1-3-13(4-2)11(15)5-6-12-9-7-16-8-10(9)14/h9-10,12,14H,3-8H2,1-2H3. The van der Waals surface area contributed by atoms with Crippen molar-refractivity contribution >= 4 is 5.91 Å². The zero-order chi connectivity index (χ0) is 12.0. The minimum Gasteiger partial charge on any atom is -0.389 e. The van der Waals surface area contributed by atoms with Crippen LogP contribution in [0.2, 0.25) is 0 Å². The average molecular weight is 230 g/mol. The Balaban J connectivity index is 2.17. The highest BCUT2D eigenvalue weighted by molar-refractivity contribution is 5.76. The molecule has 2 N–H and O–H groups in total. The maximum Gasteiger partial charge on any atom is 0.223 e. The molecule has 1 aliphatic heterocycles. The molecule has 2 unspecified atom stereocenters. The summed E-state index contributed by atoms with van der Waals surface area (Å²) in [5, 5.41) is 12.6. The van der Waals surface area contributed by atoms with Gasteiger partial charge in [-0.3, -0.25) is 4.79 Å². The van der Waals surface area contributed by atoms with E-state index in [1.807, 2.05) is 18.7 Å². The molecule has 2 atom stereocenters. The Bertz CT molecular complexity index is 219. The highest BCUT2D eigenvalue weighted by atomic mass is 16.5. The fraction of sp³-hybridized carbons (Fsp3) is 0.909. The van der Waals surface area contributed by atoms with E-state index in [1.54, 1.807) is 0 Å². The molecule has 1 aliphatic rings. The first kappa shape index (κ1) is 13.4. The Labute approximate surface area is 96.8 Å². The van der Waals surface area contributed by atoms with E-state index in [0.29, 0.717) is 26.2 Å². The lowest BCUT2D eigenvalue weighted by Gasteiger charge is -2.20. The van der Waals surface area contributed by atoms with Gasteiger partial charge in [0.25, 0.3) is 0 Å². The highest BCUT2D eigenvalue weighted by Gasteiger charge is 2.25. The van der Waals surface area contributed by atoms with E-state index in [-0.39, 0.29) is 11.9 Å². The second-order valence-electron chi connectivity index (χ2n) is 3.98. The van der Waals surface area contributed by atoms with Crippen LogP contribution in [0.25, 0.3) is 0 Å². The van der Waals surface area contributed by atoms with Crippen LogP contribution < -0.4 is 5.32 Å². The smallest absolute Gasteiger partial charge is 0.223 e. The Morgan fingerprint density at radius 3 is 2.62 bits per heavy atom. The summed E-state index contributed by atoms with van der Waals surface area (Å²) in [5.74, 6) is 0.158. The summed E-state index contributed by atoms with van der Waals surface area (Å²) in [6.45, 7) is 6.98. The van der Waals surface area contributed by atoms with Crippen molar-refractivity contribution in [3.05, 3.63) is 0 Å². The van der Waals surface area contributed by atoms with Crippen LogP contribution in [-0.2, 0) is 9.53 Å². The minimum atomic E-state index is -0.441. The van der Waals surface area contributed by atoms with Gasteiger partial charge in [-0.05, 0) is 13.8 Å². The van der Waals surface area contributed by atoms with Gasteiger partial charge in [0.1, 0.15) is 0 Å². The molecule has 0 bridgehead atoms. The molecule has 1 amide bonds. The Kier molecular flexibility index (Phi) is 5.73. The van der Waals surface area contributed by atoms with Crippen molar-refractivity contribution in [2.75, 3.05) is 32.8 Å². The first-order chi connectivity index (χ1) is 7.69. The van der Waals surface area contributed by atoms with Crippen LogP contribution in [-0.4, -0.2) is 60.9 Å². The van der Waals surface area contributed by atoms with E-state index < -0.39 is 6.10 Å². The molecular formula is C11H22N2O3. The number of nitrogens with zero attached hydrogens (tertiary/aromatic N) is 1. The first-order valence-corrected chi connectivity index (χ1v) is 5.96. The first-order valence-electron chi connectivity index (χ1n) is 5.96. The van der Waals surface area contributed by atoms with Gasteiger partial charge in [-0.15, -0.1) is 0 Å². The molecule has 0 spiro atoms. The quantitative estimate of drug-likeness (QED) is 0.651. The van der Waals surface area contributed by atoms with E-state index in [2.05, 4.69) is 5.32 Å². The van der Waals surface area contributed by atoms with Gasteiger partial charge in [0, 0.05) is 26.1 Å². The van der Waals surface area contributed by atoms with Crippen molar-refractivity contribution in [3.63, 3.8) is 0 Å².